The third-order valence-electron chi connectivity index (χ3n) is 4.05. The third-order valence-corrected chi connectivity index (χ3v) is 4.05. The molecular weight excluding hydrogens is 332 g/mol. The minimum atomic E-state index is -0.110. The number of amides is 1. The Labute approximate surface area is 154 Å². The van der Waals surface area contributed by atoms with Crippen LogP contribution in [0, 0.1) is 13.8 Å². The summed E-state index contributed by atoms with van der Waals surface area (Å²) in [6.07, 6.45) is 3.01. The topological polar surface area (TPSA) is 73.6 Å². The molecule has 1 aromatic carbocycles. The van der Waals surface area contributed by atoms with E-state index < -0.39 is 0 Å². The van der Waals surface area contributed by atoms with Gasteiger partial charge in [-0.1, -0.05) is 24.6 Å². The number of carbonyl (C=O) groups excluding carboxylic acids is 1. The molecule has 0 unspecified atom stereocenters. The molecule has 6 heteroatoms. The Hall–Kier alpha value is -2.34. The molecule has 0 aliphatic rings. The summed E-state index contributed by atoms with van der Waals surface area (Å²) < 4.78 is 16.4. The van der Waals surface area contributed by atoms with E-state index in [1.54, 1.807) is 12.1 Å². The van der Waals surface area contributed by atoms with Crippen molar-refractivity contribution in [1.29, 1.82) is 0 Å². The van der Waals surface area contributed by atoms with Crippen LogP contribution >= 0.6 is 0 Å². The van der Waals surface area contributed by atoms with Gasteiger partial charge in [-0.3, -0.25) is 4.79 Å². The van der Waals surface area contributed by atoms with Gasteiger partial charge in [-0.25, -0.2) is 0 Å². The van der Waals surface area contributed by atoms with Gasteiger partial charge in [0.15, 0.2) is 0 Å². The number of nitrogens with one attached hydrogen (secondary N) is 1. The molecule has 142 valence electrons. The van der Waals surface area contributed by atoms with Crippen molar-refractivity contribution in [1.82, 2.24) is 10.5 Å². The lowest BCUT2D eigenvalue weighted by Gasteiger charge is -2.09. The Morgan fingerprint density at radius 2 is 2.04 bits per heavy atom. The number of aromatic nitrogens is 1. The Bertz CT molecular complexity index is 677. The van der Waals surface area contributed by atoms with E-state index in [4.69, 9.17) is 14.0 Å². The van der Waals surface area contributed by atoms with Gasteiger partial charge in [-0.2, -0.15) is 0 Å². The fourth-order valence-corrected chi connectivity index (χ4v) is 2.42. The van der Waals surface area contributed by atoms with Crippen LogP contribution in [-0.4, -0.2) is 30.8 Å². The molecule has 2 aromatic rings. The number of unbranched alkanes of at least 4 members (excludes halogenated alkanes) is 1. The summed E-state index contributed by atoms with van der Waals surface area (Å²) >= 11 is 0. The first kappa shape index (κ1) is 20.0. The fraction of sp³-hybridized carbons (Fsp3) is 0.500. The Morgan fingerprint density at radius 1 is 1.23 bits per heavy atom. The lowest BCUT2D eigenvalue weighted by Crippen LogP contribution is -2.25. The van der Waals surface area contributed by atoms with E-state index in [-0.39, 0.29) is 5.91 Å². The van der Waals surface area contributed by atoms with Gasteiger partial charge in [-0.15, -0.1) is 0 Å². The van der Waals surface area contributed by atoms with Crippen LogP contribution < -0.4 is 10.1 Å². The van der Waals surface area contributed by atoms with Crippen LogP contribution in [0.1, 0.15) is 53.6 Å². The number of aryl methyl sites for hydroxylation is 2. The monoisotopic (exact) mass is 360 g/mol. The second-order valence-corrected chi connectivity index (χ2v) is 6.19. The van der Waals surface area contributed by atoms with Crippen molar-refractivity contribution in [3.63, 3.8) is 0 Å². The Morgan fingerprint density at radius 3 is 2.77 bits per heavy atom. The molecule has 0 bridgehead atoms. The maximum atomic E-state index is 12.2. The van der Waals surface area contributed by atoms with Gasteiger partial charge < -0.3 is 19.3 Å². The summed E-state index contributed by atoms with van der Waals surface area (Å²) in [5.41, 5.74) is 2.33. The van der Waals surface area contributed by atoms with Gasteiger partial charge in [0.1, 0.15) is 18.1 Å². The highest BCUT2D eigenvalue weighted by Gasteiger charge is 2.11. The molecule has 1 N–H and O–H groups in total. The van der Waals surface area contributed by atoms with Crippen LogP contribution in [0.4, 0.5) is 0 Å². The molecule has 0 saturated heterocycles. The van der Waals surface area contributed by atoms with E-state index in [1.807, 2.05) is 26.0 Å². The molecule has 0 saturated carbocycles. The number of carbonyl (C=O) groups is 1. The standard InChI is InChI=1S/C20H28N2O4/c1-4-5-11-24-12-7-10-21-20(23)17-8-6-9-18(13-17)25-14-19-15(2)22-26-16(19)3/h6,8-9,13H,4-5,7,10-12,14H2,1-3H3,(H,21,23). The van der Waals surface area contributed by atoms with Crippen LogP contribution in [0.5, 0.6) is 5.75 Å². The fourth-order valence-electron chi connectivity index (χ4n) is 2.42. The first-order valence-corrected chi connectivity index (χ1v) is 9.12. The van der Waals surface area contributed by atoms with Crippen molar-refractivity contribution in [2.75, 3.05) is 19.8 Å². The number of hydrogen-bond acceptors (Lipinski definition) is 5. The molecule has 6 nitrogen and oxygen atoms in total. The van der Waals surface area contributed by atoms with Crippen LogP contribution in [0.3, 0.4) is 0 Å². The van der Waals surface area contributed by atoms with Gasteiger partial charge in [0.05, 0.1) is 11.3 Å². The minimum absolute atomic E-state index is 0.110. The lowest BCUT2D eigenvalue weighted by atomic mass is 10.2. The average molecular weight is 360 g/mol. The van der Waals surface area contributed by atoms with E-state index in [9.17, 15) is 4.79 Å². The molecule has 1 amide bonds. The molecule has 0 aliphatic carbocycles. The van der Waals surface area contributed by atoms with Gasteiger partial charge in [0.2, 0.25) is 0 Å². The lowest BCUT2D eigenvalue weighted by molar-refractivity contribution is 0.0940. The normalized spacial score (nSPS) is 10.7. The van der Waals surface area contributed by atoms with Gasteiger partial charge in [0, 0.05) is 25.3 Å². The SMILES string of the molecule is CCCCOCCCNC(=O)c1cccc(OCc2c(C)noc2C)c1. The second kappa shape index (κ2) is 10.6. The summed E-state index contributed by atoms with van der Waals surface area (Å²) in [6.45, 7) is 8.28. The third kappa shape index (κ3) is 6.19. The summed E-state index contributed by atoms with van der Waals surface area (Å²) in [6, 6.07) is 7.16. The van der Waals surface area contributed by atoms with E-state index in [1.165, 1.54) is 0 Å². The molecular formula is C20H28N2O4. The second-order valence-electron chi connectivity index (χ2n) is 6.19. The summed E-state index contributed by atoms with van der Waals surface area (Å²) in [5, 5.41) is 6.82. The Balaban J connectivity index is 1.77. The molecule has 1 heterocycles. The molecule has 0 spiro atoms. The summed E-state index contributed by atoms with van der Waals surface area (Å²) in [4.78, 5) is 12.2. The van der Waals surface area contributed by atoms with Gasteiger partial charge in [-0.05, 0) is 44.9 Å². The molecule has 2 rings (SSSR count). The van der Waals surface area contributed by atoms with Crippen molar-refractivity contribution in [3.8, 4) is 5.75 Å². The van der Waals surface area contributed by atoms with Crippen LogP contribution in [0.15, 0.2) is 28.8 Å². The van der Waals surface area contributed by atoms with Crippen molar-refractivity contribution >= 4 is 5.91 Å². The molecule has 0 atom stereocenters. The van der Waals surface area contributed by atoms with Crippen LogP contribution in [0.25, 0.3) is 0 Å². The number of ether oxygens (including phenoxy) is 2. The zero-order valence-corrected chi connectivity index (χ0v) is 15.8. The predicted octanol–water partition coefficient (Wildman–Crippen LogP) is 3.81. The molecule has 0 fully saturated rings. The maximum absolute atomic E-state index is 12.2. The predicted molar refractivity (Wildman–Crippen MR) is 99.4 cm³/mol. The Kier molecular flexibility index (Phi) is 8.15. The highest BCUT2D eigenvalue weighted by molar-refractivity contribution is 5.94. The van der Waals surface area contributed by atoms with Gasteiger partial charge >= 0.3 is 0 Å². The van der Waals surface area contributed by atoms with Crippen LogP contribution in [-0.2, 0) is 11.3 Å². The number of rotatable bonds is 11. The highest BCUT2D eigenvalue weighted by atomic mass is 16.5. The smallest absolute Gasteiger partial charge is 0.251 e. The number of hydrogen-bond donors (Lipinski definition) is 1. The van der Waals surface area contributed by atoms with Crippen molar-refractivity contribution in [2.24, 2.45) is 0 Å². The highest BCUT2D eigenvalue weighted by Crippen LogP contribution is 2.18. The number of benzene rings is 1. The zero-order chi connectivity index (χ0) is 18.8. The molecule has 0 radical (unpaired) electrons. The maximum Gasteiger partial charge on any atom is 0.251 e. The summed E-state index contributed by atoms with van der Waals surface area (Å²) in [5.74, 6) is 1.28. The van der Waals surface area contributed by atoms with E-state index in [2.05, 4.69) is 17.4 Å². The number of nitrogens with zero attached hydrogens (tertiary/aromatic N) is 1. The van der Waals surface area contributed by atoms with Crippen molar-refractivity contribution in [3.05, 3.63) is 46.8 Å². The first-order chi connectivity index (χ1) is 12.6. The molecule has 26 heavy (non-hydrogen) atoms. The average Bonchev–Trinajstić information content (AvgIpc) is 2.97. The van der Waals surface area contributed by atoms with Gasteiger partial charge in [0.25, 0.3) is 5.91 Å². The molecule has 0 aliphatic heterocycles. The van der Waals surface area contributed by atoms with E-state index in [0.29, 0.717) is 31.1 Å². The first-order valence-electron chi connectivity index (χ1n) is 9.12. The zero-order valence-electron chi connectivity index (χ0n) is 15.8. The van der Waals surface area contributed by atoms with Crippen LogP contribution in [0.2, 0.25) is 0 Å². The largest absolute Gasteiger partial charge is 0.489 e. The molecule has 1 aromatic heterocycles. The quantitative estimate of drug-likeness (QED) is 0.617. The minimum Gasteiger partial charge on any atom is -0.489 e. The van der Waals surface area contributed by atoms with Crippen molar-refractivity contribution in [2.45, 2.75) is 46.6 Å². The van der Waals surface area contributed by atoms with E-state index >= 15 is 0 Å². The summed E-state index contributed by atoms with van der Waals surface area (Å²) in [7, 11) is 0. The van der Waals surface area contributed by atoms with Crippen molar-refractivity contribution < 1.29 is 18.8 Å². The van der Waals surface area contributed by atoms with E-state index in [0.717, 1.165) is 42.9 Å².